The van der Waals surface area contributed by atoms with E-state index in [-0.39, 0.29) is 18.1 Å². The van der Waals surface area contributed by atoms with Crippen LogP contribution >= 0.6 is 11.3 Å². The van der Waals surface area contributed by atoms with E-state index in [9.17, 15) is 5.26 Å². The lowest BCUT2D eigenvalue weighted by Crippen LogP contribution is -1.92. The van der Waals surface area contributed by atoms with Gasteiger partial charge >= 0.3 is 0 Å². The smallest absolute Gasteiger partial charge is 0.268 e. The van der Waals surface area contributed by atoms with Crippen molar-refractivity contribution in [2.24, 2.45) is 0 Å². The molecule has 0 saturated carbocycles. The van der Waals surface area contributed by atoms with Crippen LogP contribution < -0.4 is 4.74 Å². The standard InChI is InChI=1S/C17H10N4O2S/c18-7-8-22-14-5-3-12(4-6-14)10-13(11-19)17-20-16(21-23-17)15-2-1-9-24-15/h1-6,9-10H,8H2/b13-10+. The van der Waals surface area contributed by atoms with Crippen molar-refractivity contribution in [3.63, 3.8) is 0 Å². The Hall–Kier alpha value is -3.42. The van der Waals surface area contributed by atoms with Crippen LogP contribution in [0.3, 0.4) is 0 Å². The van der Waals surface area contributed by atoms with Crippen LogP contribution in [-0.2, 0) is 0 Å². The van der Waals surface area contributed by atoms with Gasteiger partial charge in [-0.05, 0) is 35.2 Å². The average molecular weight is 334 g/mol. The Morgan fingerprint density at radius 1 is 1.25 bits per heavy atom. The molecule has 7 heteroatoms. The number of ether oxygens (including phenoxy) is 1. The zero-order valence-electron chi connectivity index (χ0n) is 12.3. The minimum atomic E-state index is -0.00782. The lowest BCUT2D eigenvalue weighted by molar-refractivity contribution is 0.368. The number of aromatic nitrogens is 2. The highest BCUT2D eigenvalue weighted by Crippen LogP contribution is 2.24. The molecule has 0 spiro atoms. The number of allylic oxidation sites excluding steroid dienone is 1. The van der Waals surface area contributed by atoms with Gasteiger partial charge in [0.05, 0.1) is 4.88 Å². The maximum absolute atomic E-state index is 9.35. The molecule has 6 nitrogen and oxygen atoms in total. The lowest BCUT2D eigenvalue weighted by Gasteiger charge is -2.01. The molecule has 0 saturated heterocycles. The zero-order chi connectivity index (χ0) is 16.8. The van der Waals surface area contributed by atoms with Crippen LogP contribution in [0.1, 0.15) is 11.5 Å². The molecule has 0 bridgehead atoms. The van der Waals surface area contributed by atoms with Crippen molar-refractivity contribution in [1.82, 2.24) is 10.1 Å². The molecular weight excluding hydrogens is 324 g/mol. The summed E-state index contributed by atoms with van der Waals surface area (Å²) in [7, 11) is 0. The fourth-order valence-electron chi connectivity index (χ4n) is 1.92. The van der Waals surface area contributed by atoms with Crippen LogP contribution in [0.4, 0.5) is 0 Å². The van der Waals surface area contributed by atoms with Gasteiger partial charge in [0, 0.05) is 0 Å². The zero-order valence-corrected chi connectivity index (χ0v) is 13.2. The number of thiophene rings is 1. The Bertz CT molecular complexity index is 928. The van der Waals surface area contributed by atoms with E-state index in [2.05, 4.69) is 16.2 Å². The van der Waals surface area contributed by atoms with Crippen LogP contribution in [0.5, 0.6) is 5.75 Å². The molecule has 0 aliphatic carbocycles. The molecule has 2 heterocycles. The number of nitrogens with zero attached hydrogens (tertiary/aromatic N) is 4. The van der Waals surface area contributed by atoms with E-state index < -0.39 is 0 Å². The van der Waals surface area contributed by atoms with Gasteiger partial charge in [0.1, 0.15) is 23.5 Å². The summed E-state index contributed by atoms with van der Waals surface area (Å²) in [5.41, 5.74) is 1.06. The SMILES string of the molecule is N#CCOc1ccc(/C=C(\C#N)c2nc(-c3cccs3)no2)cc1. The second-order valence-electron chi connectivity index (χ2n) is 4.59. The van der Waals surface area contributed by atoms with Gasteiger partial charge in [-0.25, -0.2) is 0 Å². The third-order valence-corrected chi connectivity index (χ3v) is 3.88. The van der Waals surface area contributed by atoms with Gasteiger partial charge in [-0.1, -0.05) is 23.4 Å². The Kier molecular flexibility index (Phi) is 4.66. The largest absolute Gasteiger partial charge is 0.479 e. The second-order valence-corrected chi connectivity index (χ2v) is 5.53. The van der Waals surface area contributed by atoms with Crippen molar-refractivity contribution in [1.29, 1.82) is 10.5 Å². The quantitative estimate of drug-likeness (QED) is 0.659. The second kappa shape index (κ2) is 7.23. The van der Waals surface area contributed by atoms with Crippen LogP contribution in [-0.4, -0.2) is 16.7 Å². The van der Waals surface area contributed by atoms with Crippen molar-refractivity contribution in [3.8, 4) is 28.6 Å². The summed E-state index contributed by atoms with van der Waals surface area (Å²) in [5.74, 6) is 1.22. The summed E-state index contributed by atoms with van der Waals surface area (Å²) >= 11 is 1.50. The van der Waals surface area contributed by atoms with Gasteiger partial charge in [0.25, 0.3) is 5.89 Å². The molecule has 0 fully saturated rings. The monoisotopic (exact) mass is 334 g/mol. The average Bonchev–Trinajstić information content (AvgIpc) is 3.30. The Morgan fingerprint density at radius 3 is 2.75 bits per heavy atom. The van der Waals surface area contributed by atoms with Gasteiger partial charge in [-0.3, -0.25) is 0 Å². The van der Waals surface area contributed by atoms with E-state index in [1.807, 2.05) is 23.6 Å². The van der Waals surface area contributed by atoms with Gasteiger partial charge in [-0.15, -0.1) is 11.3 Å². The number of rotatable bonds is 5. The van der Waals surface area contributed by atoms with Gasteiger partial charge in [0.15, 0.2) is 6.61 Å². The number of benzene rings is 1. The normalized spacial score (nSPS) is 10.8. The van der Waals surface area contributed by atoms with Gasteiger partial charge in [-0.2, -0.15) is 15.5 Å². The minimum absolute atomic E-state index is 0.00782. The Balaban J connectivity index is 1.82. The summed E-state index contributed by atoms with van der Waals surface area (Å²) in [4.78, 5) is 5.14. The van der Waals surface area contributed by atoms with Crippen LogP contribution in [0.2, 0.25) is 0 Å². The summed E-state index contributed by atoms with van der Waals surface area (Å²) in [6, 6.07) is 14.8. The number of nitriles is 2. The number of hydrogen-bond acceptors (Lipinski definition) is 7. The van der Waals surface area contributed by atoms with Crippen molar-refractivity contribution in [3.05, 3.63) is 53.2 Å². The van der Waals surface area contributed by atoms with E-state index in [0.717, 1.165) is 10.4 Å². The summed E-state index contributed by atoms with van der Waals surface area (Å²) in [6.45, 7) is -0.00782. The van der Waals surface area contributed by atoms with Crippen molar-refractivity contribution < 1.29 is 9.26 Å². The molecular formula is C17H10N4O2S. The highest BCUT2D eigenvalue weighted by atomic mass is 32.1. The highest BCUT2D eigenvalue weighted by Gasteiger charge is 2.13. The van der Waals surface area contributed by atoms with E-state index in [0.29, 0.717) is 11.6 Å². The lowest BCUT2D eigenvalue weighted by atomic mass is 10.1. The highest BCUT2D eigenvalue weighted by molar-refractivity contribution is 7.13. The molecule has 3 rings (SSSR count). The van der Waals surface area contributed by atoms with Gasteiger partial charge < -0.3 is 9.26 Å². The molecule has 116 valence electrons. The predicted molar refractivity (Wildman–Crippen MR) is 88.6 cm³/mol. The summed E-state index contributed by atoms with van der Waals surface area (Å²) in [6.07, 6.45) is 1.65. The third-order valence-electron chi connectivity index (χ3n) is 3.01. The topological polar surface area (TPSA) is 95.7 Å². The maximum Gasteiger partial charge on any atom is 0.268 e. The Morgan fingerprint density at radius 2 is 2.08 bits per heavy atom. The third kappa shape index (κ3) is 3.49. The molecule has 0 aliphatic rings. The van der Waals surface area contributed by atoms with E-state index in [1.165, 1.54) is 11.3 Å². The molecule has 0 N–H and O–H groups in total. The molecule has 0 atom stereocenters. The van der Waals surface area contributed by atoms with Crippen molar-refractivity contribution in [2.75, 3.05) is 6.61 Å². The molecule has 1 aromatic carbocycles. The maximum atomic E-state index is 9.35. The fraction of sp³-hybridized carbons (Fsp3) is 0.0588. The first-order chi connectivity index (χ1) is 11.8. The molecule has 0 unspecified atom stereocenters. The molecule has 2 aromatic heterocycles. The molecule has 0 amide bonds. The minimum Gasteiger partial charge on any atom is -0.479 e. The van der Waals surface area contributed by atoms with Crippen molar-refractivity contribution >= 4 is 23.0 Å². The van der Waals surface area contributed by atoms with Crippen LogP contribution in [0.15, 0.2) is 46.3 Å². The summed E-state index contributed by atoms with van der Waals surface area (Å²) in [5, 5.41) is 23.7. The number of hydrogen-bond donors (Lipinski definition) is 0. The van der Waals surface area contributed by atoms with Gasteiger partial charge in [0.2, 0.25) is 5.82 Å². The first kappa shape index (κ1) is 15.5. The fourth-order valence-corrected chi connectivity index (χ4v) is 2.57. The predicted octanol–water partition coefficient (Wildman–Crippen LogP) is 3.76. The molecule has 3 aromatic rings. The van der Waals surface area contributed by atoms with Crippen molar-refractivity contribution in [2.45, 2.75) is 0 Å². The van der Waals surface area contributed by atoms with E-state index in [4.69, 9.17) is 14.5 Å². The first-order valence-corrected chi connectivity index (χ1v) is 7.77. The van der Waals surface area contributed by atoms with Crippen LogP contribution in [0, 0.1) is 22.7 Å². The first-order valence-electron chi connectivity index (χ1n) is 6.89. The Labute approximate surface area is 141 Å². The summed E-state index contributed by atoms with van der Waals surface area (Å²) < 4.78 is 10.4. The van der Waals surface area contributed by atoms with E-state index in [1.54, 1.807) is 30.3 Å². The molecule has 24 heavy (non-hydrogen) atoms. The molecule has 0 aliphatic heterocycles. The van der Waals surface area contributed by atoms with E-state index >= 15 is 0 Å². The van der Waals surface area contributed by atoms with Crippen LogP contribution in [0.25, 0.3) is 22.4 Å². The molecule has 0 radical (unpaired) electrons.